The molecule has 8 heteroatoms. The van der Waals surface area contributed by atoms with Crippen LogP contribution in [0, 0.1) is 0 Å². The van der Waals surface area contributed by atoms with Crippen LogP contribution in [0.15, 0.2) is 59.5 Å². The van der Waals surface area contributed by atoms with Crippen LogP contribution in [0.5, 0.6) is 0 Å². The number of aryl methyl sites for hydroxylation is 1. The number of para-hydroxylation sites is 1. The summed E-state index contributed by atoms with van der Waals surface area (Å²) in [5.74, 6) is 0. The fourth-order valence-corrected chi connectivity index (χ4v) is 4.27. The first-order valence-electron chi connectivity index (χ1n) is 10.3. The van der Waals surface area contributed by atoms with Crippen molar-refractivity contribution in [3.63, 3.8) is 0 Å². The van der Waals surface area contributed by atoms with Gasteiger partial charge in [-0.05, 0) is 36.8 Å². The van der Waals surface area contributed by atoms with Gasteiger partial charge in [-0.15, -0.1) is 5.10 Å². The SMILES string of the molecule is O=c1n(CCCN2CCN(c3ccccc3)CC2)nc2c3ccc(Cl)cc3cnn12. The summed E-state index contributed by atoms with van der Waals surface area (Å²) in [7, 11) is 0. The molecule has 2 aromatic carbocycles. The summed E-state index contributed by atoms with van der Waals surface area (Å²) in [5.41, 5.74) is 1.66. The maximum atomic E-state index is 12.7. The zero-order valence-corrected chi connectivity index (χ0v) is 17.4. The van der Waals surface area contributed by atoms with Crippen molar-refractivity contribution in [3.8, 4) is 0 Å². The number of fused-ring (bicyclic) bond motifs is 3. The van der Waals surface area contributed by atoms with E-state index in [4.69, 9.17) is 11.6 Å². The number of hydrogen-bond acceptors (Lipinski definition) is 5. The predicted molar refractivity (Wildman–Crippen MR) is 119 cm³/mol. The van der Waals surface area contributed by atoms with Gasteiger partial charge in [-0.3, -0.25) is 4.90 Å². The molecule has 1 aliphatic heterocycles. The van der Waals surface area contributed by atoms with Crippen LogP contribution in [0.3, 0.4) is 0 Å². The lowest BCUT2D eigenvalue weighted by Gasteiger charge is -2.36. The normalized spacial score (nSPS) is 15.3. The molecular formula is C22H23ClN6O. The summed E-state index contributed by atoms with van der Waals surface area (Å²) in [6, 6.07) is 16.1. The van der Waals surface area contributed by atoms with Gasteiger partial charge in [0.15, 0.2) is 5.65 Å². The molecule has 30 heavy (non-hydrogen) atoms. The fraction of sp³-hybridized carbons (Fsp3) is 0.318. The minimum Gasteiger partial charge on any atom is -0.369 e. The van der Waals surface area contributed by atoms with Crippen LogP contribution in [0.25, 0.3) is 16.4 Å². The van der Waals surface area contributed by atoms with Crippen LogP contribution in [-0.4, -0.2) is 57.0 Å². The second-order valence-corrected chi connectivity index (χ2v) is 8.07. The van der Waals surface area contributed by atoms with Gasteiger partial charge in [0.25, 0.3) is 0 Å². The summed E-state index contributed by atoms with van der Waals surface area (Å²) in [6.45, 7) is 5.64. The number of nitrogens with zero attached hydrogens (tertiary/aromatic N) is 6. The Morgan fingerprint density at radius 3 is 2.57 bits per heavy atom. The second kappa shape index (κ2) is 8.08. The van der Waals surface area contributed by atoms with Crippen LogP contribution in [-0.2, 0) is 6.54 Å². The Morgan fingerprint density at radius 2 is 1.77 bits per heavy atom. The van der Waals surface area contributed by atoms with Crippen molar-refractivity contribution < 1.29 is 0 Å². The van der Waals surface area contributed by atoms with Gasteiger partial charge >= 0.3 is 5.69 Å². The number of hydrogen-bond donors (Lipinski definition) is 0. The van der Waals surface area contributed by atoms with Gasteiger partial charge < -0.3 is 4.90 Å². The predicted octanol–water partition coefficient (Wildman–Crippen LogP) is 2.91. The molecule has 1 aliphatic rings. The maximum Gasteiger partial charge on any atom is 0.367 e. The Bertz CT molecular complexity index is 1230. The van der Waals surface area contributed by atoms with E-state index >= 15 is 0 Å². The van der Waals surface area contributed by atoms with Gasteiger partial charge in [0.05, 0.1) is 6.20 Å². The lowest BCUT2D eigenvalue weighted by molar-refractivity contribution is 0.248. The molecule has 154 valence electrons. The third-order valence-electron chi connectivity index (χ3n) is 5.72. The molecule has 1 fully saturated rings. The van der Waals surface area contributed by atoms with Crippen molar-refractivity contribution >= 4 is 33.7 Å². The Hall–Kier alpha value is -2.90. The molecule has 0 saturated carbocycles. The van der Waals surface area contributed by atoms with Crippen LogP contribution in [0.4, 0.5) is 5.69 Å². The van der Waals surface area contributed by atoms with Crippen LogP contribution in [0.1, 0.15) is 6.42 Å². The zero-order chi connectivity index (χ0) is 20.5. The number of halogens is 1. The van der Waals surface area contributed by atoms with E-state index in [0.29, 0.717) is 17.2 Å². The van der Waals surface area contributed by atoms with Crippen molar-refractivity contribution in [2.75, 3.05) is 37.6 Å². The van der Waals surface area contributed by atoms with E-state index in [1.807, 2.05) is 18.2 Å². The van der Waals surface area contributed by atoms with E-state index in [2.05, 4.69) is 50.3 Å². The smallest absolute Gasteiger partial charge is 0.367 e. The number of aromatic nitrogens is 4. The Kier molecular flexibility index (Phi) is 5.14. The minimum absolute atomic E-state index is 0.198. The van der Waals surface area contributed by atoms with Crippen LogP contribution >= 0.6 is 11.6 Å². The first kappa shape index (κ1) is 19.1. The van der Waals surface area contributed by atoms with Crippen molar-refractivity contribution in [1.82, 2.24) is 24.3 Å². The number of rotatable bonds is 5. The van der Waals surface area contributed by atoms with Gasteiger partial charge in [0.1, 0.15) is 0 Å². The molecule has 2 aromatic heterocycles. The van der Waals surface area contributed by atoms with E-state index in [1.54, 1.807) is 6.20 Å². The topological polar surface area (TPSA) is 58.7 Å². The van der Waals surface area contributed by atoms with Crippen LogP contribution in [0.2, 0.25) is 5.02 Å². The average Bonchev–Trinajstić information content (AvgIpc) is 3.10. The van der Waals surface area contributed by atoms with E-state index in [1.165, 1.54) is 14.9 Å². The van der Waals surface area contributed by atoms with E-state index in [9.17, 15) is 4.79 Å². The summed E-state index contributed by atoms with van der Waals surface area (Å²) >= 11 is 6.06. The first-order valence-corrected chi connectivity index (χ1v) is 10.6. The van der Waals surface area contributed by atoms with Gasteiger partial charge in [-0.2, -0.15) is 9.61 Å². The van der Waals surface area contributed by atoms with Crippen molar-refractivity contribution in [3.05, 3.63) is 70.2 Å². The minimum atomic E-state index is -0.198. The highest BCUT2D eigenvalue weighted by Crippen LogP contribution is 2.21. The highest BCUT2D eigenvalue weighted by Gasteiger charge is 2.17. The van der Waals surface area contributed by atoms with Crippen molar-refractivity contribution in [2.24, 2.45) is 0 Å². The molecule has 0 spiro atoms. The Balaban J connectivity index is 1.22. The van der Waals surface area contributed by atoms with Crippen molar-refractivity contribution in [2.45, 2.75) is 13.0 Å². The standard InChI is InChI=1S/C22H23ClN6O/c23-18-7-8-20-17(15-18)16-24-29-21(20)25-28(22(29)30)10-4-9-26-11-13-27(14-12-26)19-5-2-1-3-6-19/h1-3,5-8,15-16H,4,9-14H2. The zero-order valence-electron chi connectivity index (χ0n) is 16.6. The highest BCUT2D eigenvalue weighted by atomic mass is 35.5. The van der Waals surface area contributed by atoms with E-state index in [0.717, 1.165) is 49.9 Å². The molecule has 0 bridgehead atoms. The summed E-state index contributed by atoms with van der Waals surface area (Å²) < 4.78 is 2.89. The van der Waals surface area contributed by atoms with Gasteiger partial charge in [-0.1, -0.05) is 29.8 Å². The molecule has 5 rings (SSSR count). The number of piperazine rings is 1. The Morgan fingerprint density at radius 1 is 0.967 bits per heavy atom. The molecule has 7 nitrogen and oxygen atoms in total. The average molecular weight is 423 g/mol. The molecule has 0 radical (unpaired) electrons. The lowest BCUT2D eigenvalue weighted by Crippen LogP contribution is -2.46. The third-order valence-corrected chi connectivity index (χ3v) is 5.96. The molecule has 3 heterocycles. The fourth-order valence-electron chi connectivity index (χ4n) is 4.09. The highest BCUT2D eigenvalue weighted by molar-refractivity contribution is 6.31. The summed E-state index contributed by atoms with van der Waals surface area (Å²) in [6.07, 6.45) is 2.53. The molecule has 0 atom stereocenters. The maximum absolute atomic E-state index is 12.7. The van der Waals surface area contributed by atoms with Crippen molar-refractivity contribution in [1.29, 1.82) is 0 Å². The van der Waals surface area contributed by atoms with Gasteiger partial charge in [-0.25, -0.2) is 9.48 Å². The molecule has 0 N–H and O–H groups in total. The quantitative estimate of drug-likeness (QED) is 0.495. The summed E-state index contributed by atoms with van der Waals surface area (Å²) in [5, 5.41) is 11.2. The Labute approximate surface area is 179 Å². The molecule has 0 aliphatic carbocycles. The second-order valence-electron chi connectivity index (χ2n) is 7.64. The molecule has 4 aromatic rings. The summed E-state index contributed by atoms with van der Waals surface area (Å²) in [4.78, 5) is 17.6. The lowest BCUT2D eigenvalue weighted by atomic mass is 10.2. The van der Waals surface area contributed by atoms with Gasteiger partial charge in [0, 0.05) is 60.8 Å². The molecule has 0 unspecified atom stereocenters. The van der Waals surface area contributed by atoms with E-state index < -0.39 is 0 Å². The van der Waals surface area contributed by atoms with Crippen LogP contribution < -0.4 is 10.6 Å². The van der Waals surface area contributed by atoms with E-state index in [-0.39, 0.29) is 5.69 Å². The molecule has 0 amide bonds. The molecular weight excluding hydrogens is 400 g/mol. The number of anilines is 1. The van der Waals surface area contributed by atoms with Gasteiger partial charge in [0.2, 0.25) is 0 Å². The molecule has 1 saturated heterocycles. The number of benzene rings is 2. The third kappa shape index (κ3) is 3.66. The largest absolute Gasteiger partial charge is 0.369 e. The monoisotopic (exact) mass is 422 g/mol. The first-order chi connectivity index (χ1) is 14.7.